The molecule has 1 aliphatic rings. The number of ether oxygens (including phenoxy) is 1. The Hall–Kier alpha value is -1.37. The van der Waals surface area contributed by atoms with Crippen LogP contribution in [0.3, 0.4) is 0 Å². The fraction of sp³-hybridized carbons (Fsp3) is 0.375. The Labute approximate surface area is 136 Å². The molecule has 2 heterocycles. The van der Waals surface area contributed by atoms with Gasteiger partial charge in [0.05, 0.1) is 12.1 Å². The number of carbonyl (C=O) groups is 1. The molecule has 0 saturated heterocycles. The third kappa shape index (κ3) is 2.37. The number of hydrogen-bond acceptors (Lipinski definition) is 3. The Balaban J connectivity index is 2.38. The number of rotatable bonds is 2. The number of aryl methyl sites for hydroxylation is 1. The van der Waals surface area contributed by atoms with E-state index in [-0.39, 0.29) is 23.6 Å². The number of pyridine rings is 1. The van der Waals surface area contributed by atoms with Gasteiger partial charge in [-0.1, -0.05) is 0 Å². The van der Waals surface area contributed by atoms with E-state index in [9.17, 15) is 9.59 Å². The molecule has 0 saturated carbocycles. The molecule has 0 aliphatic carbocycles. The van der Waals surface area contributed by atoms with E-state index in [2.05, 4.69) is 40.1 Å². The zero-order valence-corrected chi connectivity index (χ0v) is 14.1. The maximum Gasteiger partial charge on any atom is 0.343 e. The van der Waals surface area contributed by atoms with E-state index in [1.807, 2.05) is 6.07 Å². The van der Waals surface area contributed by atoms with Gasteiger partial charge < -0.3 is 9.30 Å². The van der Waals surface area contributed by atoms with E-state index in [0.717, 1.165) is 21.9 Å². The second-order valence-corrected chi connectivity index (χ2v) is 6.59. The highest BCUT2D eigenvalue weighted by Gasteiger charge is 2.23. The average molecular weight is 397 g/mol. The zero-order valence-electron chi connectivity index (χ0n) is 12.0. The molecule has 0 radical (unpaired) electrons. The van der Waals surface area contributed by atoms with Crippen molar-refractivity contribution in [3.63, 3.8) is 0 Å². The van der Waals surface area contributed by atoms with Crippen LogP contribution in [0.4, 0.5) is 0 Å². The van der Waals surface area contributed by atoms with Crippen molar-refractivity contribution in [2.24, 2.45) is 0 Å². The molecule has 2 aromatic rings. The van der Waals surface area contributed by atoms with Crippen molar-refractivity contribution in [1.82, 2.24) is 4.57 Å². The van der Waals surface area contributed by atoms with Crippen LogP contribution in [0.15, 0.2) is 23.1 Å². The first kappa shape index (κ1) is 14.6. The quantitative estimate of drug-likeness (QED) is 0.577. The minimum Gasteiger partial charge on any atom is -0.462 e. The van der Waals surface area contributed by atoms with Crippen molar-refractivity contribution in [2.75, 3.05) is 6.61 Å². The lowest BCUT2D eigenvalue weighted by atomic mass is 9.96. The first-order valence-electron chi connectivity index (χ1n) is 7.07. The molecule has 3 rings (SSSR count). The van der Waals surface area contributed by atoms with Crippen LogP contribution < -0.4 is 5.43 Å². The largest absolute Gasteiger partial charge is 0.462 e. The Bertz CT molecular complexity index is 794. The summed E-state index contributed by atoms with van der Waals surface area (Å²) in [6, 6.07) is 4.25. The van der Waals surface area contributed by atoms with Crippen molar-refractivity contribution < 1.29 is 9.53 Å². The zero-order chi connectivity index (χ0) is 15.1. The molecule has 4 nitrogen and oxygen atoms in total. The molecule has 0 bridgehead atoms. The van der Waals surface area contributed by atoms with Crippen LogP contribution in [-0.2, 0) is 11.2 Å². The van der Waals surface area contributed by atoms with E-state index in [1.54, 1.807) is 13.1 Å². The molecule has 1 aromatic carbocycles. The molecule has 21 heavy (non-hydrogen) atoms. The van der Waals surface area contributed by atoms with E-state index in [0.29, 0.717) is 5.39 Å². The van der Waals surface area contributed by atoms with E-state index in [1.165, 1.54) is 5.56 Å². The van der Waals surface area contributed by atoms with Crippen LogP contribution in [-0.4, -0.2) is 17.1 Å². The van der Waals surface area contributed by atoms with Crippen LogP contribution in [0.5, 0.6) is 0 Å². The number of hydrogen-bond donors (Lipinski definition) is 0. The smallest absolute Gasteiger partial charge is 0.343 e. The lowest BCUT2D eigenvalue weighted by molar-refractivity contribution is 0.0524. The van der Waals surface area contributed by atoms with Crippen molar-refractivity contribution >= 4 is 39.5 Å². The minimum absolute atomic E-state index is 0.131. The van der Waals surface area contributed by atoms with Crippen LogP contribution in [0.25, 0.3) is 10.9 Å². The Kier molecular flexibility index (Phi) is 3.77. The Morgan fingerprint density at radius 3 is 2.95 bits per heavy atom. The molecule has 1 atom stereocenters. The van der Waals surface area contributed by atoms with Crippen molar-refractivity contribution in [3.8, 4) is 0 Å². The number of halogens is 1. The second kappa shape index (κ2) is 5.44. The van der Waals surface area contributed by atoms with E-state index >= 15 is 0 Å². The number of benzene rings is 1. The van der Waals surface area contributed by atoms with Crippen LogP contribution in [0.2, 0.25) is 0 Å². The van der Waals surface area contributed by atoms with Gasteiger partial charge in [-0.2, -0.15) is 0 Å². The summed E-state index contributed by atoms with van der Waals surface area (Å²) in [5, 5.41) is 0.619. The van der Waals surface area contributed by atoms with Crippen molar-refractivity contribution in [1.29, 1.82) is 0 Å². The summed E-state index contributed by atoms with van der Waals surface area (Å²) >= 11 is 2.22. The molecule has 0 N–H and O–H groups in total. The number of nitrogens with zero attached hydrogens (tertiary/aromatic N) is 1. The summed E-state index contributed by atoms with van der Waals surface area (Å²) < 4.78 is 8.09. The second-order valence-electron chi connectivity index (χ2n) is 5.35. The molecule has 0 fully saturated rings. The lowest BCUT2D eigenvalue weighted by Gasteiger charge is -2.26. The van der Waals surface area contributed by atoms with Crippen LogP contribution in [0.1, 0.15) is 42.2 Å². The van der Waals surface area contributed by atoms with Crippen LogP contribution in [0, 0.1) is 3.57 Å². The van der Waals surface area contributed by atoms with Crippen LogP contribution >= 0.6 is 22.6 Å². The first-order valence-corrected chi connectivity index (χ1v) is 8.15. The Morgan fingerprint density at radius 2 is 2.24 bits per heavy atom. The molecular formula is C16H16INO3. The molecule has 110 valence electrons. The fourth-order valence-corrected chi connectivity index (χ4v) is 3.62. The summed E-state index contributed by atoms with van der Waals surface area (Å²) in [6.45, 7) is 4.12. The fourth-order valence-electron chi connectivity index (χ4n) is 2.94. The summed E-state index contributed by atoms with van der Waals surface area (Å²) in [4.78, 5) is 24.7. The van der Waals surface area contributed by atoms with Gasteiger partial charge in [-0.3, -0.25) is 4.79 Å². The van der Waals surface area contributed by atoms with Gasteiger partial charge in [-0.05, 0) is 67.0 Å². The predicted molar refractivity (Wildman–Crippen MR) is 89.9 cm³/mol. The molecule has 0 amide bonds. The molecule has 1 unspecified atom stereocenters. The van der Waals surface area contributed by atoms with Gasteiger partial charge in [0.25, 0.3) is 0 Å². The minimum atomic E-state index is -0.536. The van der Waals surface area contributed by atoms with Gasteiger partial charge >= 0.3 is 5.97 Å². The maximum atomic E-state index is 12.6. The van der Waals surface area contributed by atoms with Gasteiger partial charge in [0.15, 0.2) is 0 Å². The number of esters is 1. The first-order chi connectivity index (χ1) is 10.0. The van der Waals surface area contributed by atoms with Crippen molar-refractivity contribution in [2.45, 2.75) is 32.7 Å². The highest BCUT2D eigenvalue weighted by atomic mass is 127. The molecule has 5 heteroatoms. The monoisotopic (exact) mass is 397 g/mol. The Morgan fingerprint density at radius 1 is 1.48 bits per heavy atom. The van der Waals surface area contributed by atoms with Gasteiger partial charge in [0.1, 0.15) is 5.56 Å². The normalized spacial score (nSPS) is 17.0. The maximum absolute atomic E-state index is 12.6. The van der Waals surface area contributed by atoms with Gasteiger partial charge in [0.2, 0.25) is 5.43 Å². The lowest BCUT2D eigenvalue weighted by Crippen LogP contribution is -2.25. The van der Waals surface area contributed by atoms with Gasteiger partial charge in [-0.25, -0.2) is 4.79 Å². The molecular weight excluding hydrogens is 381 g/mol. The highest BCUT2D eigenvalue weighted by molar-refractivity contribution is 14.1. The standard InChI is InChI=1S/C16H16INO3/c1-3-21-16(20)13-8-18-9(2)4-5-10-6-11(17)7-12(14(10)18)15(13)19/h6-9H,3-5H2,1-2H3. The third-order valence-corrected chi connectivity index (χ3v) is 4.59. The van der Waals surface area contributed by atoms with E-state index < -0.39 is 5.97 Å². The summed E-state index contributed by atoms with van der Waals surface area (Å²) in [7, 11) is 0. The van der Waals surface area contributed by atoms with Crippen molar-refractivity contribution in [3.05, 3.63) is 43.2 Å². The predicted octanol–water partition coefficient (Wildman–Crippen LogP) is 3.29. The van der Waals surface area contributed by atoms with E-state index in [4.69, 9.17) is 4.74 Å². The van der Waals surface area contributed by atoms with Gasteiger partial charge in [0, 0.05) is 21.2 Å². The number of carbonyl (C=O) groups excluding carboxylic acids is 1. The molecule has 1 aliphatic heterocycles. The average Bonchev–Trinajstić information content (AvgIpc) is 2.45. The molecule has 0 spiro atoms. The summed E-state index contributed by atoms with van der Waals surface area (Å²) in [5.41, 5.74) is 2.05. The summed E-state index contributed by atoms with van der Waals surface area (Å²) in [6.07, 6.45) is 3.64. The topological polar surface area (TPSA) is 48.3 Å². The SMILES string of the molecule is CCOC(=O)c1cn2c3c(cc(I)cc3c1=O)CCC2C. The molecule has 1 aromatic heterocycles. The third-order valence-electron chi connectivity index (χ3n) is 3.97. The van der Waals surface area contributed by atoms with Gasteiger partial charge in [-0.15, -0.1) is 0 Å². The summed E-state index contributed by atoms with van der Waals surface area (Å²) in [5.74, 6) is -0.536. The highest BCUT2D eigenvalue weighted by Crippen LogP contribution is 2.31. The number of aromatic nitrogens is 1.